The summed E-state index contributed by atoms with van der Waals surface area (Å²) in [5.74, 6) is 0.712. The van der Waals surface area contributed by atoms with Crippen molar-refractivity contribution in [2.24, 2.45) is 4.99 Å². The van der Waals surface area contributed by atoms with E-state index >= 15 is 0 Å². The predicted molar refractivity (Wildman–Crippen MR) is 151 cm³/mol. The topological polar surface area (TPSA) is 72.1 Å². The maximum Gasteiger partial charge on any atom is 0.338 e. The van der Waals surface area contributed by atoms with Crippen LogP contribution in [0.25, 0.3) is 17.4 Å². The fourth-order valence-electron chi connectivity index (χ4n) is 3.93. The van der Waals surface area contributed by atoms with Gasteiger partial charge in [0.15, 0.2) is 5.17 Å². The van der Waals surface area contributed by atoms with E-state index in [-0.39, 0.29) is 11.9 Å². The Morgan fingerprint density at radius 3 is 2.42 bits per heavy atom. The number of thioether (sulfide) groups is 1. The molecule has 6 nitrogen and oxygen atoms in total. The van der Waals surface area contributed by atoms with Gasteiger partial charge in [-0.25, -0.2) is 9.79 Å². The average Bonchev–Trinajstić information content (AvgIpc) is 3.51. The molecular weight excluding hydrogens is 496 g/mol. The summed E-state index contributed by atoms with van der Waals surface area (Å²) in [5, 5.41) is 0.621. The maximum atomic E-state index is 13.5. The molecule has 1 aliphatic rings. The predicted octanol–water partition coefficient (Wildman–Crippen LogP) is 7.24. The van der Waals surface area contributed by atoms with Gasteiger partial charge in [0.2, 0.25) is 0 Å². The van der Waals surface area contributed by atoms with Crippen LogP contribution in [0.3, 0.4) is 0 Å². The first-order valence-corrected chi connectivity index (χ1v) is 13.1. The molecule has 5 rings (SSSR count). The number of hydrogen-bond acceptors (Lipinski definition) is 6. The van der Waals surface area contributed by atoms with Crippen molar-refractivity contribution >= 4 is 40.6 Å². The van der Waals surface area contributed by atoms with Crippen LogP contribution < -0.4 is 0 Å². The quantitative estimate of drug-likeness (QED) is 0.189. The number of esters is 1. The van der Waals surface area contributed by atoms with Crippen LogP contribution in [-0.2, 0) is 16.1 Å². The summed E-state index contributed by atoms with van der Waals surface area (Å²) in [6.07, 6.45) is 1.75. The molecular formula is C31H26N2O4S. The summed E-state index contributed by atoms with van der Waals surface area (Å²) in [5.41, 5.74) is 4.26. The van der Waals surface area contributed by atoms with Gasteiger partial charge in [-0.3, -0.25) is 9.69 Å². The SMILES string of the molecule is CCOC(=O)c1ccc(-c2ccc(/C=C3/SC(=Nc4ccc(C)cc4)N(Cc4ccccc4)C3=O)o2)cc1. The number of amidine groups is 1. The monoisotopic (exact) mass is 522 g/mol. The van der Waals surface area contributed by atoms with Gasteiger partial charge in [0.05, 0.1) is 29.3 Å². The highest BCUT2D eigenvalue weighted by molar-refractivity contribution is 8.18. The molecule has 38 heavy (non-hydrogen) atoms. The summed E-state index contributed by atoms with van der Waals surface area (Å²) >= 11 is 1.33. The molecule has 0 bridgehead atoms. The first-order valence-electron chi connectivity index (χ1n) is 12.3. The highest BCUT2D eigenvalue weighted by atomic mass is 32.2. The van der Waals surface area contributed by atoms with Crippen molar-refractivity contribution in [1.82, 2.24) is 4.90 Å². The zero-order valence-electron chi connectivity index (χ0n) is 21.1. The fourth-order valence-corrected chi connectivity index (χ4v) is 4.90. The molecule has 0 unspecified atom stereocenters. The molecule has 4 aromatic rings. The number of aliphatic imine (C=N–C) groups is 1. The maximum absolute atomic E-state index is 13.5. The van der Waals surface area contributed by atoms with E-state index in [1.54, 1.807) is 30.0 Å². The number of rotatable bonds is 7. The molecule has 0 N–H and O–H groups in total. The molecule has 0 spiro atoms. The van der Waals surface area contributed by atoms with Gasteiger partial charge in [-0.05, 0) is 67.6 Å². The molecule has 1 amide bonds. The third-order valence-corrected chi connectivity index (χ3v) is 6.92. The third kappa shape index (κ3) is 5.79. The van der Waals surface area contributed by atoms with Crippen molar-refractivity contribution < 1.29 is 18.7 Å². The van der Waals surface area contributed by atoms with Crippen molar-refractivity contribution in [3.63, 3.8) is 0 Å². The highest BCUT2D eigenvalue weighted by Crippen LogP contribution is 2.36. The molecule has 0 atom stereocenters. The van der Waals surface area contributed by atoms with Gasteiger partial charge in [0, 0.05) is 11.6 Å². The molecule has 0 saturated carbocycles. The van der Waals surface area contributed by atoms with E-state index in [1.165, 1.54) is 11.8 Å². The Bertz CT molecular complexity index is 1500. The van der Waals surface area contributed by atoms with Crippen molar-refractivity contribution in [2.75, 3.05) is 6.61 Å². The minimum Gasteiger partial charge on any atom is -0.462 e. The number of carbonyl (C=O) groups excluding carboxylic acids is 2. The average molecular weight is 523 g/mol. The number of aryl methyl sites for hydroxylation is 1. The minimum absolute atomic E-state index is 0.124. The Morgan fingerprint density at radius 2 is 1.71 bits per heavy atom. The molecule has 1 saturated heterocycles. The van der Waals surface area contributed by atoms with E-state index in [4.69, 9.17) is 14.1 Å². The van der Waals surface area contributed by atoms with Crippen molar-refractivity contribution in [1.29, 1.82) is 0 Å². The fraction of sp³-hybridized carbons (Fsp3) is 0.129. The van der Waals surface area contributed by atoms with E-state index in [0.29, 0.717) is 40.3 Å². The molecule has 1 fully saturated rings. The number of nitrogens with zero attached hydrogens (tertiary/aromatic N) is 2. The van der Waals surface area contributed by atoms with Crippen LogP contribution >= 0.6 is 11.8 Å². The minimum atomic E-state index is -0.358. The lowest BCUT2D eigenvalue weighted by Crippen LogP contribution is -2.28. The largest absolute Gasteiger partial charge is 0.462 e. The van der Waals surface area contributed by atoms with Crippen LogP contribution in [-0.4, -0.2) is 28.6 Å². The third-order valence-electron chi connectivity index (χ3n) is 5.91. The number of furan rings is 1. The number of amides is 1. The van der Waals surface area contributed by atoms with Crippen molar-refractivity contribution in [3.8, 4) is 11.3 Å². The molecule has 3 aromatic carbocycles. The van der Waals surface area contributed by atoms with E-state index in [0.717, 1.165) is 22.4 Å². The van der Waals surface area contributed by atoms with E-state index in [9.17, 15) is 9.59 Å². The summed E-state index contributed by atoms with van der Waals surface area (Å²) in [7, 11) is 0. The van der Waals surface area contributed by atoms with E-state index in [2.05, 4.69) is 0 Å². The van der Waals surface area contributed by atoms with Gasteiger partial charge in [-0.1, -0.05) is 60.2 Å². The zero-order valence-corrected chi connectivity index (χ0v) is 21.9. The zero-order chi connectivity index (χ0) is 26.5. The van der Waals surface area contributed by atoms with Gasteiger partial charge in [-0.2, -0.15) is 0 Å². The Kier molecular flexibility index (Phi) is 7.56. The van der Waals surface area contributed by atoms with Gasteiger partial charge in [0.25, 0.3) is 5.91 Å². The van der Waals surface area contributed by atoms with E-state index in [1.807, 2.05) is 85.8 Å². The molecule has 0 aliphatic carbocycles. The van der Waals surface area contributed by atoms with Crippen LogP contribution in [0.4, 0.5) is 5.69 Å². The smallest absolute Gasteiger partial charge is 0.338 e. The first kappa shape index (κ1) is 25.3. The van der Waals surface area contributed by atoms with Gasteiger partial charge in [0.1, 0.15) is 11.5 Å². The second-order valence-corrected chi connectivity index (χ2v) is 9.73. The standard InChI is InChI=1S/C31H26N2O4S/c1-3-36-30(35)24-13-11-23(12-14-24)27-18-17-26(37-27)19-28-29(34)33(20-22-7-5-4-6-8-22)31(38-28)32-25-15-9-21(2)10-16-25/h4-19H,3,20H2,1-2H3/b28-19+,32-31?. The lowest BCUT2D eigenvalue weighted by atomic mass is 10.1. The molecule has 7 heteroatoms. The number of benzene rings is 3. The Labute approximate surface area is 225 Å². The van der Waals surface area contributed by atoms with Crippen molar-refractivity contribution in [3.05, 3.63) is 118 Å². The normalized spacial score (nSPS) is 15.4. The lowest BCUT2D eigenvalue weighted by molar-refractivity contribution is -0.122. The van der Waals surface area contributed by atoms with Crippen molar-refractivity contribution in [2.45, 2.75) is 20.4 Å². The van der Waals surface area contributed by atoms with Crippen LogP contribution in [0.15, 0.2) is 105 Å². The van der Waals surface area contributed by atoms with Crippen LogP contribution in [0.5, 0.6) is 0 Å². The summed E-state index contributed by atoms with van der Waals surface area (Å²) < 4.78 is 11.1. The van der Waals surface area contributed by atoms with Crippen LogP contribution in [0, 0.1) is 6.92 Å². The number of carbonyl (C=O) groups is 2. The van der Waals surface area contributed by atoms with E-state index < -0.39 is 0 Å². The first-order chi connectivity index (χ1) is 18.5. The highest BCUT2D eigenvalue weighted by Gasteiger charge is 2.33. The van der Waals surface area contributed by atoms with Gasteiger partial charge >= 0.3 is 5.97 Å². The van der Waals surface area contributed by atoms with Crippen LogP contribution in [0.2, 0.25) is 0 Å². The second-order valence-electron chi connectivity index (χ2n) is 8.72. The summed E-state index contributed by atoms with van der Waals surface area (Å²) in [6.45, 7) is 4.55. The second kappa shape index (κ2) is 11.4. The molecule has 2 heterocycles. The number of hydrogen-bond donors (Lipinski definition) is 0. The molecule has 0 radical (unpaired) electrons. The van der Waals surface area contributed by atoms with Gasteiger partial charge < -0.3 is 9.15 Å². The van der Waals surface area contributed by atoms with Gasteiger partial charge in [-0.15, -0.1) is 0 Å². The van der Waals surface area contributed by atoms with Crippen LogP contribution in [0.1, 0.15) is 34.2 Å². The summed E-state index contributed by atoms with van der Waals surface area (Å²) in [4.78, 5) is 32.4. The lowest BCUT2D eigenvalue weighted by Gasteiger charge is -2.15. The molecule has 1 aromatic heterocycles. The summed E-state index contributed by atoms with van der Waals surface area (Å²) in [6, 6.07) is 28.5. The Hall–Kier alpha value is -4.36. The molecule has 190 valence electrons. The Morgan fingerprint density at radius 1 is 0.974 bits per heavy atom. The number of ether oxygens (including phenoxy) is 1. The Balaban J connectivity index is 1.40. The molecule has 1 aliphatic heterocycles.